The first-order chi connectivity index (χ1) is 12.5. The summed E-state index contributed by atoms with van der Waals surface area (Å²) < 4.78 is 13.2. The summed E-state index contributed by atoms with van der Waals surface area (Å²) in [4.78, 5) is 33.1. The second kappa shape index (κ2) is 7.95. The molecular formula is C19H22FN3O2S. The fourth-order valence-electron chi connectivity index (χ4n) is 3.20. The molecule has 1 aromatic carbocycles. The van der Waals surface area contributed by atoms with E-state index in [4.69, 9.17) is 0 Å². The normalized spacial score (nSPS) is 18.3. The number of hydrogen-bond donors (Lipinski definition) is 0. The van der Waals surface area contributed by atoms with Gasteiger partial charge in [0.15, 0.2) is 0 Å². The Labute approximate surface area is 156 Å². The zero-order chi connectivity index (χ0) is 18.7. The molecule has 2 amide bonds. The minimum absolute atomic E-state index is 0.0154. The lowest BCUT2D eigenvalue weighted by molar-refractivity contribution is -0.134. The molecule has 138 valence electrons. The zero-order valence-corrected chi connectivity index (χ0v) is 15.7. The molecule has 0 radical (unpaired) electrons. The topological polar surface area (TPSA) is 53.5 Å². The highest BCUT2D eigenvalue weighted by Crippen LogP contribution is 2.22. The van der Waals surface area contributed by atoms with Gasteiger partial charge in [0.25, 0.3) is 5.91 Å². The second-order valence-corrected chi connectivity index (χ2v) is 7.55. The molecule has 0 aliphatic carbocycles. The van der Waals surface area contributed by atoms with Gasteiger partial charge in [0, 0.05) is 31.4 Å². The van der Waals surface area contributed by atoms with Crippen LogP contribution >= 0.6 is 11.3 Å². The van der Waals surface area contributed by atoms with Gasteiger partial charge >= 0.3 is 0 Å². The Bertz CT molecular complexity index is 762. The SMILES string of the molecule is CC(C)[C@H]1CN(C(=O)c2cscn2)CCC(=O)N1Cc1ccc(F)cc1. The Morgan fingerprint density at radius 1 is 1.35 bits per heavy atom. The van der Waals surface area contributed by atoms with Crippen molar-refractivity contribution in [1.29, 1.82) is 0 Å². The maximum Gasteiger partial charge on any atom is 0.273 e. The van der Waals surface area contributed by atoms with E-state index in [0.717, 1.165) is 5.56 Å². The van der Waals surface area contributed by atoms with Gasteiger partial charge in [-0.05, 0) is 23.6 Å². The van der Waals surface area contributed by atoms with Gasteiger partial charge in [-0.1, -0.05) is 26.0 Å². The first-order valence-electron chi connectivity index (χ1n) is 8.67. The highest BCUT2D eigenvalue weighted by Gasteiger charge is 2.34. The van der Waals surface area contributed by atoms with Crippen molar-refractivity contribution in [2.75, 3.05) is 13.1 Å². The Morgan fingerprint density at radius 2 is 2.08 bits per heavy atom. The lowest BCUT2D eigenvalue weighted by atomic mass is 10.0. The van der Waals surface area contributed by atoms with E-state index in [1.54, 1.807) is 27.9 Å². The minimum Gasteiger partial charge on any atom is -0.335 e. The quantitative estimate of drug-likeness (QED) is 0.825. The van der Waals surface area contributed by atoms with Gasteiger partial charge in [-0.15, -0.1) is 11.3 Å². The van der Waals surface area contributed by atoms with E-state index in [1.807, 2.05) is 18.7 Å². The van der Waals surface area contributed by atoms with Gasteiger partial charge in [-0.2, -0.15) is 0 Å². The van der Waals surface area contributed by atoms with Crippen LogP contribution < -0.4 is 0 Å². The molecule has 5 nitrogen and oxygen atoms in total. The summed E-state index contributed by atoms with van der Waals surface area (Å²) in [6, 6.07) is 6.10. The summed E-state index contributed by atoms with van der Waals surface area (Å²) in [6.07, 6.45) is 0.278. The van der Waals surface area contributed by atoms with Crippen LogP contribution in [0.5, 0.6) is 0 Å². The van der Waals surface area contributed by atoms with E-state index in [-0.39, 0.29) is 36.0 Å². The average Bonchev–Trinajstić information content (AvgIpc) is 3.10. The van der Waals surface area contributed by atoms with Crippen molar-refractivity contribution in [3.05, 3.63) is 52.2 Å². The number of carbonyl (C=O) groups excluding carboxylic acids is 2. The molecule has 3 rings (SSSR count). The van der Waals surface area contributed by atoms with E-state index in [9.17, 15) is 14.0 Å². The lowest BCUT2D eigenvalue weighted by Crippen LogP contribution is -2.47. The summed E-state index contributed by atoms with van der Waals surface area (Å²) in [7, 11) is 0. The molecule has 7 heteroatoms. The summed E-state index contributed by atoms with van der Waals surface area (Å²) >= 11 is 1.38. The van der Waals surface area contributed by atoms with Crippen molar-refractivity contribution in [3.8, 4) is 0 Å². The lowest BCUT2D eigenvalue weighted by Gasteiger charge is -2.34. The van der Waals surface area contributed by atoms with Crippen LogP contribution in [-0.4, -0.2) is 45.7 Å². The molecule has 1 fully saturated rings. The smallest absolute Gasteiger partial charge is 0.273 e. The van der Waals surface area contributed by atoms with Crippen LogP contribution in [-0.2, 0) is 11.3 Å². The molecule has 2 heterocycles. The van der Waals surface area contributed by atoms with Crippen molar-refractivity contribution in [2.45, 2.75) is 32.9 Å². The molecule has 26 heavy (non-hydrogen) atoms. The van der Waals surface area contributed by atoms with Gasteiger partial charge in [0.1, 0.15) is 11.5 Å². The first kappa shape index (κ1) is 18.5. The number of aromatic nitrogens is 1. The van der Waals surface area contributed by atoms with Crippen molar-refractivity contribution >= 4 is 23.2 Å². The van der Waals surface area contributed by atoms with Crippen LogP contribution in [0.25, 0.3) is 0 Å². The monoisotopic (exact) mass is 375 g/mol. The maximum absolute atomic E-state index is 13.2. The number of carbonyl (C=O) groups is 2. The fourth-order valence-corrected chi connectivity index (χ4v) is 3.73. The molecule has 1 aromatic heterocycles. The Morgan fingerprint density at radius 3 is 2.69 bits per heavy atom. The standard InChI is InChI=1S/C19H22FN3O2S/c1-13(2)17-10-22(19(25)16-11-26-12-21-16)8-7-18(24)23(17)9-14-3-5-15(20)6-4-14/h3-6,11-13,17H,7-10H2,1-2H3/t17-/m1/s1. The average molecular weight is 375 g/mol. The van der Waals surface area contributed by atoms with Crippen LogP contribution in [0.4, 0.5) is 4.39 Å². The largest absolute Gasteiger partial charge is 0.335 e. The van der Waals surface area contributed by atoms with Crippen LogP contribution in [0, 0.1) is 11.7 Å². The zero-order valence-electron chi connectivity index (χ0n) is 14.9. The van der Waals surface area contributed by atoms with E-state index in [2.05, 4.69) is 4.98 Å². The summed E-state index contributed by atoms with van der Waals surface area (Å²) in [5.74, 6) is -0.227. The van der Waals surface area contributed by atoms with E-state index in [1.165, 1.54) is 23.5 Å². The van der Waals surface area contributed by atoms with Crippen molar-refractivity contribution < 1.29 is 14.0 Å². The third-order valence-corrected chi connectivity index (χ3v) is 5.28. The van der Waals surface area contributed by atoms with E-state index in [0.29, 0.717) is 25.3 Å². The molecule has 0 bridgehead atoms. The van der Waals surface area contributed by atoms with Crippen LogP contribution in [0.3, 0.4) is 0 Å². The van der Waals surface area contributed by atoms with Crippen molar-refractivity contribution in [3.63, 3.8) is 0 Å². The van der Waals surface area contributed by atoms with Crippen molar-refractivity contribution in [1.82, 2.24) is 14.8 Å². The van der Waals surface area contributed by atoms with Crippen LogP contribution in [0.15, 0.2) is 35.2 Å². The number of rotatable bonds is 4. The maximum atomic E-state index is 13.2. The molecule has 0 unspecified atom stereocenters. The second-order valence-electron chi connectivity index (χ2n) is 6.83. The highest BCUT2D eigenvalue weighted by atomic mass is 32.1. The Hall–Kier alpha value is -2.28. The number of benzene rings is 1. The molecule has 0 saturated carbocycles. The molecule has 0 N–H and O–H groups in total. The van der Waals surface area contributed by atoms with Crippen molar-refractivity contribution in [2.24, 2.45) is 5.92 Å². The first-order valence-corrected chi connectivity index (χ1v) is 9.61. The fraction of sp³-hybridized carbons (Fsp3) is 0.421. The Balaban J connectivity index is 1.81. The van der Waals surface area contributed by atoms with Crippen LogP contribution in [0.2, 0.25) is 0 Å². The van der Waals surface area contributed by atoms with Gasteiger partial charge in [-0.25, -0.2) is 9.37 Å². The molecule has 1 aliphatic heterocycles. The van der Waals surface area contributed by atoms with E-state index >= 15 is 0 Å². The third kappa shape index (κ3) is 4.09. The van der Waals surface area contributed by atoms with Gasteiger partial charge in [0.2, 0.25) is 5.91 Å². The summed E-state index contributed by atoms with van der Waals surface area (Å²) in [5.41, 5.74) is 2.94. The molecule has 0 spiro atoms. The summed E-state index contributed by atoms with van der Waals surface area (Å²) in [6.45, 7) is 5.37. The molecular weight excluding hydrogens is 353 g/mol. The predicted octanol–water partition coefficient (Wildman–Crippen LogP) is 3.18. The molecule has 2 aromatic rings. The third-order valence-electron chi connectivity index (χ3n) is 4.70. The minimum atomic E-state index is -0.295. The van der Waals surface area contributed by atoms with E-state index < -0.39 is 0 Å². The van der Waals surface area contributed by atoms with Gasteiger partial charge < -0.3 is 9.80 Å². The number of thiazole rings is 1. The van der Waals surface area contributed by atoms with Gasteiger partial charge in [-0.3, -0.25) is 9.59 Å². The number of hydrogen-bond acceptors (Lipinski definition) is 4. The number of halogens is 1. The Kier molecular flexibility index (Phi) is 5.66. The number of amides is 2. The molecule has 1 atom stereocenters. The summed E-state index contributed by atoms with van der Waals surface area (Å²) in [5, 5.41) is 1.73. The molecule has 1 saturated heterocycles. The predicted molar refractivity (Wildman–Crippen MR) is 98.2 cm³/mol. The highest BCUT2D eigenvalue weighted by molar-refractivity contribution is 7.07. The van der Waals surface area contributed by atoms with Crippen LogP contribution in [0.1, 0.15) is 36.3 Å². The molecule has 1 aliphatic rings. The number of nitrogens with zero attached hydrogens (tertiary/aromatic N) is 3. The van der Waals surface area contributed by atoms with Gasteiger partial charge in [0.05, 0.1) is 11.6 Å².